The molecule has 2 bridgehead atoms. The maximum absolute atomic E-state index is 4.39. The Hall–Kier alpha value is -0.960. The number of hydrogen-bond acceptors (Lipinski definition) is 3. The van der Waals surface area contributed by atoms with Crippen molar-refractivity contribution in [3.8, 4) is 0 Å². The lowest BCUT2D eigenvalue weighted by Gasteiger charge is -2.34. The molecule has 2 aliphatic rings. The van der Waals surface area contributed by atoms with Gasteiger partial charge in [-0.15, -0.1) is 0 Å². The lowest BCUT2D eigenvalue weighted by molar-refractivity contribution is 0.185. The first kappa shape index (κ1) is 8.36. The molecule has 2 atom stereocenters. The van der Waals surface area contributed by atoms with Gasteiger partial charge in [-0.3, -0.25) is 4.90 Å². The second-order valence-corrected chi connectivity index (χ2v) is 4.21. The molecule has 0 aliphatic carbocycles. The number of fused-ring (bicyclic) bond motifs is 4. The van der Waals surface area contributed by atoms with Gasteiger partial charge in [0.2, 0.25) is 0 Å². The van der Waals surface area contributed by atoms with Crippen LogP contribution in [0.3, 0.4) is 0 Å². The normalized spacial score (nSPS) is 30.4. The summed E-state index contributed by atoms with van der Waals surface area (Å²) in [4.78, 5) is 11.1. The Morgan fingerprint density at radius 2 is 2.43 bits per heavy atom. The number of aromatic nitrogens is 2. The predicted molar refractivity (Wildman–Crippen MR) is 53.9 cm³/mol. The highest BCUT2D eigenvalue weighted by molar-refractivity contribution is 5.27. The summed E-state index contributed by atoms with van der Waals surface area (Å²) in [5.41, 5.74) is 2.67. The Morgan fingerprint density at radius 3 is 3.29 bits per heavy atom. The van der Waals surface area contributed by atoms with E-state index in [1.165, 1.54) is 24.1 Å². The lowest BCUT2D eigenvalue weighted by Crippen LogP contribution is -2.37. The Balaban J connectivity index is 2.06. The van der Waals surface area contributed by atoms with Crippen LogP contribution >= 0.6 is 0 Å². The van der Waals surface area contributed by atoms with Gasteiger partial charge >= 0.3 is 0 Å². The monoisotopic (exact) mass is 189 g/mol. The fourth-order valence-corrected chi connectivity index (χ4v) is 3.01. The van der Waals surface area contributed by atoms with Gasteiger partial charge in [0, 0.05) is 30.3 Å². The molecule has 0 saturated carbocycles. The van der Waals surface area contributed by atoms with E-state index in [9.17, 15) is 0 Å². The van der Waals surface area contributed by atoms with Gasteiger partial charge in [0.05, 0.1) is 5.69 Å². The average molecular weight is 189 g/mol. The molecular weight excluding hydrogens is 174 g/mol. The van der Waals surface area contributed by atoms with Crippen LogP contribution < -0.4 is 0 Å². The van der Waals surface area contributed by atoms with Crippen LogP contribution in [0, 0.1) is 0 Å². The topological polar surface area (TPSA) is 29.0 Å². The first-order valence-electron chi connectivity index (χ1n) is 5.44. The SMILES string of the molecule is CCN1C2CCC1c1cncnc1C2. The molecule has 0 aromatic carbocycles. The molecule has 3 nitrogen and oxygen atoms in total. The quantitative estimate of drug-likeness (QED) is 0.671. The molecule has 0 spiro atoms. The van der Waals surface area contributed by atoms with Crippen LogP contribution in [0.5, 0.6) is 0 Å². The summed E-state index contributed by atoms with van der Waals surface area (Å²) in [5, 5.41) is 0. The van der Waals surface area contributed by atoms with E-state index in [0.717, 1.165) is 19.0 Å². The van der Waals surface area contributed by atoms with Crippen molar-refractivity contribution >= 4 is 0 Å². The van der Waals surface area contributed by atoms with Crippen molar-refractivity contribution in [3.63, 3.8) is 0 Å². The Kier molecular flexibility index (Phi) is 1.80. The van der Waals surface area contributed by atoms with E-state index in [2.05, 4.69) is 21.8 Å². The van der Waals surface area contributed by atoms with Crippen molar-refractivity contribution in [1.29, 1.82) is 0 Å². The molecule has 3 heteroatoms. The standard InChI is InChI=1S/C11H15N3/c1-2-14-8-3-4-11(14)9-6-12-7-13-10(9)5-8/h6-8,11H,2-5H2,1H3. The highest BCUT2D eigenvalue weighted by Crippen LogP contribution is 2.42. The summed E-state index contributed by atoms with van der Waals surface area (Å²) in [5.74, 6) is 0. The van der Waals surface area contributed by atoms with Gasteiger partial charge < -0.3 is 0 Å². The van der Waals surface area contributed by atoms with Gasteiger partial charge in [0.15, 0.2) is 0 Å². The van der Waals surface area contributed by atoms with Crippen molar-refractivity contribution in [2.24, 2.45) is 0 Å². The van der Waals surface area contributed by atoms with Gasteiger partial charge in [-0.05, 0) is 19.4 Å². The number of nitrogens with zero attached hydrogens (tertiary/aromatic N) is 3. The molecule has 3 heterocycles. The summed E-state index contributed by atoms with van der Waals surface area (Å²) < 4.78 is 0. The van der Waals surface area contributed by atoms with Crippen LogP contribution in [0.2, 0.25) is 0 Å². The highest BCUT2D eigenvalue weighted by atomic mass is 15.2. The predicted octanol–water partition coefficient (Wildman–Crippen LogP) is 1.56. The molecule has 2 aliphatic heterocycles. The Morgan fingerprint density at radius 1 is 1.50 bits per heavy atom. The minimum atomic E-state index is 0.606. The van der Waals surface area contributed by atoms with E-state index in [1.54, 1.807) is 6.33 Å². The lowest BCUT2D eigenvalue weighted by atomic mass is 10.00. The Bertz CT molecular complexity index is 350. The zero-order valence-electron chi connectivity index (χ0n) is 8.48. The Labute approximate surface area is 84.2 Å². The number of rotatable bonds is 1. The molecular formula is C11H15N3. The van der Waals surface area contributed by atoms with Crippen molar-refractivity contribution in [1.82, 2.24) is 14.9 Å². The maximum Gasteiger partial charge on any atom is 0.115 e. The number of likely N-dealkylation sites (N-methyl/N-ethyl adjacent to an activating group) is 1. The molecule has 3 rings (SSSR count). The van der Waals surface area contributed by atoms with E-state index in [0.29, 0.717) is 6.04 Å². The summed E-state index contributed by atoms with van der Waals surface area (Å²) in [7, 11) is 0. The maximum atomic E-state index is 4.39. The van der Waals surface area contributed by atoms with Crippen molar-refractivity contribution < 1.29 is 0 Å². The van der Waals surface area contributed by atoms with Gasteiger partial charge in [0.1, 0.15) is 6.33 Å². The third-order valence-corrected chi connectivity index (χ3v) is 3.62. The first-order valence-corrected chi connectivity index (χ1v) is 5.44. The number of hydrogen-bond donors (Lipinski definition) is 0. The van der Waals surface area contributed by atoms with E-state index < -0.39 is 0 Å². The van der Waals surface area contributed by atoms with Crippen LogP contribution in [0.15, 0.2) is 12.5 Å². The smallest absolute Gasteiger partial charge is 0.115 e. The van der Waals surface area contributed by atoms with E-state index >= 15 is 0 Å². The summed E-state index contributed by atoms with van der Waals surface area (Å²) in [6.07, 6.45) is 7.44. The molecule has 1 fully saturated rings. The van der Waals surface area contributed by atoms with Crippen LogP contribution in [0.1, 0.15) is 37.1 Å². The molecule has 14 heavy (non-hydrogen) atoms. The van der Waals surface area contributed by atoms with Crippen LogP contribution in [0.4, 0.5) is 0 Å². The third kappa shape index (κ3) is 1.02. The zero-order chi connectivity index (χ0) is 9.54. The van der Waals surface area contributed by atoms with Gasteiger partial charge in [0.25, 0.3) is 0 Å². The van der Waals surface area contributed by atoms with Crippen LogP contribution in [-0.4, -0.2) is 27.5 Å². The summed E-state index contributed by atoms with van der Waals surface area (Å²) in [6.45, 7) is 3.41. The minimum Gasteiger partial charge on any atom is -0.293 e. The second kappa shape index (κ2) is 3.02. The molecule has 74 valence electrons. The highest BCUT2D eigenvalue weighted by Gasteiger charge is 2.39. The van der Waals surface area contributed by atoms with Gasteiger partial charge in [-0.25, -0.2) is 9.97 Å². The van der Waals surface area contributed by atoms with Crippen molar-refractivity contribution in [3.05, 3.63) is 23.8 Å². The minimum absolute atomic E-state index is 0.606. The molecule has 1 aromatic rings. The molecule has 0 amide bonds. The van der Waals surface area contributed by atoms with Crippen LogP contribution in [0.25, 0.3) is 0 Å². The zero-order valence-corrected chi connectivity index (χ0v) is 8.48. The largest absolute Gasteiger partial charge is 0.293 e. The second-order valence-electron chi connectivity index (χ2n) is 4.21. The molecule has 0 radical (unpaired) electrons. The molecule has 2 unspecified atom stereocenters. The third-order valence-electron chi connectivity index (χ3n) is 3.62. The average Bonchev–Trinajstić information content (AvgIpc) is 2.53. The van der Waals surface area contributed by atoms with Gasteiger partial charge in [-0.1, -0.05) is 6.92 Å². The van der Waals surface area contributed by atoms with E-state index in [4.69, 9.17) is 0 Å². The van der Waals surface area contributed by atoms with Crippen LogP contribution in [-0.2, 0) is 6.42 Å². The van der Waals surface area contributed by atoms with E-state index in [1.807, 2.05) is 6.20 Å². The van der Waals surface area contributed by atoms with Crippen molar-refractivity contribution in [2.45, 2.75) is 38.3 Å². The molecule has 1 saturated heterocycles. The van der Waals surface area contributed by atoms with Gasteiger partial charge in [-0.2, -0.15) is 0 Å². The van der Waals surface area contributed by atoms with Crippen molar-refractivity contribution in [2.75, 3.05) is 6.54 Å². The van der Waals surface area contributed by atoms with E-state index in [-0.39, 0.29) is 0 Å². The fraction of sp³-hybridized carbons (Fsp3) is 0.636. The first-order chi connectivity index (χ1) is 6.90. The fourth-order valence-electron chi connectivity index (χ4n) is 3.01. The summed E-state index contributed by atoms with van der Waals surface area (Å²) in [6, 6.07) is 1.35. The molecule has 0 N–H and O–H groups in total. The summed E-state index contributed by atoms with van der Waals surface area (Å²) >= 11 is 0. The molecule has 1 aromatic heterocycles.